The van der Waals surface area contributed by atoms with Crippen molar-refractivity contribution >= 4 is 23.7 Å². The van der Waals surface area contributed by atoms with Gasteiger partial charge in [-0.2, -0.15) is 0 Å². The molecular formula is C20H30N8O6. The van der Waals surface area contributed by atoms with Crippen LogP contribution in [0.4, 0.5) is 0 Å². The van der Waals surface area contributed by atoms with E-state index in [0.29, 0.717) is 11.4 Å². The molecule has 2 aromatic heterocycles. The molecular weight excluding hydrogens is 448 g/mol. The minimum Gasteiger partial charge on any atom is -0.480 e. The number of amides is 3. The number of nitrogens with one attached hydrogen (secondary N) is 5. The van der Waals surface area contributed by atoms with Crippen molar-refractivity contribution in [3.63, 3.8) is 0 Å². The van der Waals surface area contributed by atoms with Gasteiger partial charge in [-0.3, -0.25) is 14.4 Å². The molecule has 3 amide bonds. The summed E-state index contributed by atoms with van der Waals surface area (Å²) in [5, 5.41) is 26.1. The summed E-state index contributed by atoms with van der Waals surface area (Å²) < 4.78 is 0. The summed E-state index contributed by atoms with van der Waals surface area (Å²) in [6, 6.07) is -4.72. The van der Waals surface area contributed by atoms with Gasteiger partial charge in [-0.05, 0) is 5.92 Å². The van der Waals surface area contributed by atoms with E-state index in [9.17, 15) is 24.3 Å². The summed E-state index contributed by atoms with van der Waals surface area (Å²) in [6.45, 7) is 2.74. The number of carbonyl (C=O) groups is 4. The van der Waals surface area contributed by atoms with Crippen molar-refractivity contribution in [3.8, 4) is 0 Å². The van der Waals surface area contributed by atoms with Crippen LogP contribution in [0.2, 0.25) is 0 Å². The van der Waals surface area contributed by atoms with E-state index in [-0.39, 0.29) is 12.8 Å². The summed E-state index contributed by atoms with van der Waals surface area (Å²) in [7, 11) is 0. The Kier molecular flexibility index (Phi) is 9.70. The first-order valence-corrected chi connectivity index (χ1v) is 10.6. The maximum absolute atomic E-state index is 13.0. The maximum atomic E-state index is 13.0. The molecule has 0 aliphatic rings. The number of aliphatic hydroxyl groups excluding tert-OH is 1. The standard InChI is InChI=1S/C20H30N8O6/c1-10(2)16(19(32)27-15(20(33)34)4-12-6-23-9-25-12)28-18(31)14(3-11-5-22-8-24-11)26-17(30)13(21)7-29/h5-6,8-10,13-16,29H,3-4,7,21H2,1-2H3,(H,22,24)(H,23,25)(H,26,30)(H,27,32)(H,28,31)(H,33,34). The van der Waals surface area contributed by atoms with E-state index >= 15 is 0 Å². The van der Waals surface area contributed by atoms with Crippen molar-refractivity contribution in [2.75, 3.05) is 6.61 Å². The van der Waals surface area contributed by atoms with Crippen molar-refractivity contribution in [1.82, 2.24) is 35.9 Å². The smallest absolute Gasteiger partial charge is 0.326 e. The number of rotatable bonds is 13. The van der Waals surface area contributed by atoms with Crippen LogP contribution in [0, 0.1) is 5.92 Å². The van der Waals surface area contributed by atoms with Gasteiger partial charge in [0, 0.05) is 36.6 Å². The monoisotopic (exact) mass is 478 g/mol. The van der Waals surface area contributed by atoms with Crippen LogP contribution in [-0.4, -0.2) is 84.6 Å². The van der Waals surface area contributed by atoms with Gasteiger partial charge in [-0.1, -0.05) is 13.8 Å². The van der Waals surface area contributed by atoms with E-state index in [2.05, 4.69) is 35.9 Å². The molecule has 14 nitrogen and oxygen atoms in total. The topological polar surface area (TPSA) is 228 Å². The van der Waals surface area contributed by atoms with E-state index in [0.717, 1.165) is 0 Å². The van der Waals surface area contributed by atoms with Gasteiger partial charge in [-0.15, -0.1) is 0 Å². The van der Waals surface area contributed by atoms with E-state index in [1.165, 1.54) is 25.0 Å². The van der Waals surface area contributed by atoms with Crippen LogP contribution < -0.4 is 21.7 Å². The number of imidazole rings is 2. The molecule has 34 heavy (non-hydrogen) atoms. The Morgan fingerprint density at radius 3 is 1.88 bits per heavy atom. The Balaban J connectivity index is 2.13. The molecule has 9 N–H and O–H groups in total. The summed E-state index contributed by atoms with van der Waals surface area (Å²) >= 11 is 0. The molecule has 14 heteroatoms. The second kappa shape index (κ2) is 12.5. The van der Waals surface area contributed by atoms with Crippen molar-refractivity contribution in [3.05, 3.63) is 36.4 Å². The molecule has 0 radical (unpaired) electrons. The summed E-state index contributed by atoms with van der Waals surface area (Å²) in [5.41, 5.74) is 6.58. The summed E-state index contributed by atoms with van der Waals surface area (Å²) in [6.07, 6.45) is 5.70. The van der Waals surface area contributed by atoms with E-state index in [1.807, 2.05) is 0 Å². The number of aromatic amines is 2. The number of aliphatic hydroxyl groups is 1. The number of carboxylic acid groups (broad SMARTS) is 1. The number of hydrogen-bond acceptors (Lipinski definition) is 8. The van der Waals surface area contributed by atoms with Crippen LogP contribution in [0.15, 0.2) is 25.0 Å². The molecule has 0 aliphatic heterocycles. The molecule has 2 aromatic rings. The minimum absolute atomic E-state index is 0.0136. The van der Waals surface area contributed by atoms with Crippen LogP contribution in [-0.2, 0) is 32.0 Å². The predicted octanol–water partition coefficient (Wildman–Crippen LogP) is -2.57. The first-order chi connectivity index (χ1) is 16.1. The SMILES string of the molecule is CC(C)C(NC(=O)C(Cc1cnc[nH]1)NC(=O)C(N)CO)C(=O)NC(Cc1cnc[nH]1)C(=O)O. The highest BCUT2D eigenvalue weighted by molar-refractivity contribution is 5.94. The highest BCUT2D eigenvalue weighted by Crippen LogP contribution is 2.07. The largest absolute Gasteiger partial charge is 0.480 e. The van der Waals surface area contributed by atoms with Crippen molar-refractivity contribution in [2.45, 2.75) is 50.9 Å². The molecule has 4 atom stereocenters. The average Bonchev–Trinajstić information content (AvgIpc) is 3.49. The minimum atomic E-state index is -1.26. The molecule has 2 rings (SSSR count). The maximum Gasteiger partial charge on any atom is 0.326 e. The lowest BCUT2D eigenvalue weighted by Crippen LogP contribution is -2.59. The van der Waals surface area contributed by atoms with Gasteiger partial charge >= 0.3 is 5.97 Å². The second-order valence-electron chi connectivity index (χ2n) is 8.04. The fourth-order valence-corrected chi connectivity index (χ4v) is 3.05. The Morgan fingerprint density at radius 1 is 0.912 bits per heavy atom. The zero-order valence-electron chi connectivity index (χ0n) is 18.8. The van der Waals surface area contributed by atoms with Crippen molar-refractivity contribution in [2.24, 2.45) is 11.7 Å². The van der Waals surface area contributed by atoms with Gasteiger partial charge in [0.25, 0.3) is 0 Å². The molecule has 2 heterocycles. The highest BCUT2D eigenvalue weighted by Gasteiger charge is 2.32. The lowest BCUT2D eigenvalue weighted by atomic mass is 10.0. The van der Waals surface area contributed by atoms with Gasteiger partial charge in [-0.25, -0.2) is 14.8 Å². The molecule has 0 spiro atoms. The number of carbonyl (C=O) groups excluding carboxylic acids is 3. The fourth-order valence-electron chi connectivity index (χ4n) is 3.05. The number of aliphatic carboxylic acids is 1. The van der Waals surface area contributed by atoms with Crippen LogP contribution in [0.1, 0.15) is 25.2 Å². The van der Waals surface area contributed by atoms with Crippen molar-refractivity contribution in [1.29, 1.82) is 0 Å². The Labute approximate surface area is 195 Å². The zero-order chi connectivity index (χ0) is 25.3. The second-order valence-corrected chi connectivity index (χ2v) is 8.04. The molecule has 186 valence electrons. The number of carboxylic acids is 1. The molecule has 0 aliphatic carbocycles. The first kappa shape index (κ1) is 26.5. The number of nitrogens with two attached hydrogens (primary N) is 1. The van der Waals surface area contributed by atoms with Crippen LogP contribution in [0.3, 0.4) is 0 Å². The van der Waals surface area contributed by atoms with Crippen molar-refractivity contribution < 1.29 is 29.4 Å². The van der Waals surface area contributed by atoms with E-state index in [4.69, 9.17) is 10.8 Å². The highest BCUT2D eigenvalue weighted by atomic mass is 16.4. The quantitative estimate of drug-likeness (QED) is 0.151. The molecule has 0 aromatic carbocycles. The summed E-state index contributed by atoms with van der Waals surface area (Å²) in [5.74, 6) is -3.80. The third-order valence-corrected chi connectivity index (χ3v) is 4.99. The third-order valence-electron chi connectivity index (χ3n) is 4.99. The fraction of sp³-hybridized carbons (Fsp3) is 0.500. The Hall–Kier alpha value is -3.78. The number of H-pyrrole nitrogens is 2. The normalized spacial score (nSPS) is 14.6. The lowest BCUT2D eigenvalue weighted by Gasteiger charge is -2.26. The molecule has 0 saturated heterocycles. The van der Waals surface area contributed by atoms with Gasteiger partial charge in [0.05, 0.1) is 19.3 Å². The van der Waals surface area contributed by atoms with E-state index in [1.54, 1.807) is 13.8 Å². The van der Waals surface area contributed by atoms with Gasteiger partial charge in [0.15, 0.2) is 0 Å². The lowest BCUT2D eigenvalue weighted by molar-refractivity contribution is -0.142. The molecule has 0 saturated carbocycles. The molecule has 4 unspecified atom stereocenters. The summed E-state index contributed by atoms with van der Waals surface area (Å²) in [4.78, 5) is 63.1. The van der Waals surface area contributed by atoms with Crippen LogP contribution in [0.5, 0.6) is 0 Å². The zero-order valence-corrected chi connectivity index (χ0v) is 18.8. The molecule has 0 bridgehead atoms. The predicted molar refractivity (Wildman–Crippen MR) is 118 cm³/mol. The van der Waals surface area contributed by atoms with Crippen LogP contribution >= 0.6 is 0 Å². The van der Waals surface area contributed by atoms with E-state index < -0.39 is 60.4 Å². The number of hydrogen-bond donors (Lipinski definition) is 8. The Morgan fingerprint density at radius 2 is 1.44 bits per heavy atom. The van der Waals surface area contributed by atoms with Crippen LogP contribution in [0.25, 0.3) is 0 Å². The first-order valence-electron chi connectivity index (χ1n) is 10.6. The molecule has 0 fully saturated rings. The third kappa shape index (κ3) is 7.67. The van der Waals surface area contributed by atoms with Gasteiger partial charge in [0.1, 0.15) is 24.2 Å². The van der Waals surface area contributed by atoms with Gasteiger partial charge < -0.3 is 41.9 Å². The average molecular weight is 479 g/mol. The van der Waals surface area contributed by atoms with Gasteiger partial charge in [0.2, 0.25) is 17.7 Å². The number of aromatic nitrogens is 4. The Bertz CT molecular complexity index is 946. The number of nitrogens with zero attached hydrogens (tertiary/aromatic N) is 2.